The van der Waals surface area contributed by atoms with E-state index in [1.54, 1.807) is 16.5 Å². The van der Waals surface area contributed by atoms with Gasteiger partial charge in [0, 0.05) is 17.8 Å². The quantitative estimate of drug-likeness (QED) is 0.181. The largest absolute Gasteiger partial charge is 0.854 e. The van der Waals surface area contributed by atoms with Crippen molar-refractivity contribution in [2.24, 2.45) is 0 Å². The molecule has 4 aromatic rings. The number of aromatic nitrogens is 3. The Balaban J connectivity index is 1.80. The van der Waals surface area contributed by atoms with Gasteiger partial charge in [0.25, 0.3) is 17.0 Å². The molecule has 8 heteroatoms. The van der Waals surface area contributed by atoms with Gasteiger partial charge in [-0.2, -0.15) is 0 Å². The molecule has 3 aromatic carbocycles. The van der Waals surface area contributed by atoms with E-state index in [-0.39, 0.29) is 11.8 Å². The molecule has 0 saturated carbocycles. The predicted molar refractivity (Wildman–Crippen MR) is 144 cm³/mol. The number of nitrogens with zero attached hydrogens (tertiary/aromatic N) is 4. The van der Waals surface area contributed by atoms with Gasteiger partial charge in [0.2, 0.25) is 5.91 Å². The molecular weight excluding hydrogens is 484 g/mol. The van der Waals surface area contributed by atoms with E-state index in [9.17, 15) is 9.90 Å². The first-order valence-electron chi connectivity index (χ1n) is 12.7. The van der Waals surface area contributed by atoms with E-state index in [0.29, 0.717) is 34.5 Å². The van der Waals surface area contributed by atoms with Gasteiger partial charge < -0.3 is 9.84 Å². The van der Waals surface area contributed by atoms with Crippen molar-refractivity contribution in [2.75, 3.05) is 17.3 Å². The van der Waals surface area contributed by atoms with E-state index in [2.05, 4.69) is 11.9 Å². The van der Waals surface area contributed by atoms with Crippen molar-refractivity contribution in [2.45, 2.75) is 51.4 Å². The molecule has 5 rings (SSSR count). The van der Waals surface area contributed by atoms with E-state index in [1.165, 1.54) is 11.8 Å². The second-order valence-electron chi connectivity index (χ2n) is 8.96. The number of hydrogen-bond acceptors (Lipinski definition) is 6. The Hall–Kier alpha value is -3.65. The van der Waals surface area contributed by atoms with E-state index < -0.39 is 6.17 Å². The summed E-state index contributed by atoms with van der Waals surface area (Å²) in [6.45, 7) is 6.09. The molecule has 190 valence electrons. The highest BCUT2D eigenvalue weighted by atomic mass is 32.2. The maximum absolute atomic E-state index is 13.5. The molecule has 0 radical (unpaired) electrons. The first kappa shape index (κ1) is 25.0. The van der Waals surface area contributed by atoms with Gasteiger partial charge >= 0.3 is 0 Å². The standard InChI is InChI=1S/C29H30N4O3S/c1-4-6-11-18-37-29-30-27(35)26-22-14-9-10-15-23(22)32(19(3)34)28(33(26)31-29)25-21-13-8-7-12-20(21)16-17-24(25)36-5-2/h7-10,12-17,28H,4-6,11,18H2,1-3H3. The highest BCUT2D eigenvalue weighted by Gasteiger charge is 2.46. The van der Waals surface area contributed by atoms with Crippen LogP contribution >= 0.6 is 11.8 Å². The molecule has 0 saturated heterocycles. The van der Waals surface area contributed by atoms with Gasteiger partial charge in [-0.1, -0.05) is 78.7 Å². The molecule has 7 nitrogen and oxygen atoms in total. The van der Waals surface area contributed by atoms with Crippen LogP contribution in [0.2, 0.25) is 0 Å². The normalized spacial score (nSPS) is 14.4. The predicted octanol–water partition coefficient (Wildman–Crippen LogP) is 5.25. The number of carbonyl (C=O) groups excluding carboxylic acids is 1. The molecule has 1 aromatic heterocycles. The molecule has 1 atom stereocenters. The maximum Gasteiger partial charge on any atom is 0.297 e. The summed E-state index contributed by atoms with van der Waals surface area (Å²) in [4.78, 5) is 19.4. The second kappa shape index (κ2) is 10.8. The van der Waals surface area contributed by atoms with Gasteiger partial charge in [0.1, 0.15) is 5.75 Å². The number of fused-ring (bicyclic) bond motifs is 4. The first-order valence-corrected chi connectivity index (χ1v) is 13.7. The monoisotopic (exact) mass is 514 g/mol. The van der Waals surface area contributed by atoms with Crippen LogP contribution in [0.3, 0.4) is 0 Å². The van der Waals surface area contributed by atoms with Crippen molar-refractivity contribution in [1.29, 1.82) is 0 Å². The van der Waals surface area contributed by atoms with Crippen LogP contribution in [0, 0.1) is 0 Å². The Morgan fingerprint density at radius 1 is 1.08 bits per heavy atom. The molecule has 1 unspecified atom stereocenters. The van der Waals surface area contributed by atoms with E-state index in [0.717, 1.165) is 41.4 Å². The summed E-state index contributed by atoms with van der Waals surface area (Å²) in [6.07, 6.45) is 2.52. The molecule has 1 amide bonds. The van der Waals surface area contributed by atoms with Crippen LogP contribution in [0.25, 0.3) is 22.0 Å². The zero-order valence-corrected chi connectivity index (χ0v) is 22.1. The minimum absolute atomic E-state index is 0.158. The van der Waals surface area contributed by atoms with Crippen molar-refractivity contribution in [3.05, 3.63) is 66.2 Å². The van der Waals surface area contributed by atoms with Crippen LogP contribution in [0.1, 0.15) is 51.8 Å². The maximum atomic E-state index is 13.5. The highest BCUT2D eigenvalue weighted by Crippen LogP contribution is 2.44. The number of carbonyl (C=O) groups is 1. The minimum atomic E-state index is -0.722. The lowest BCUT2D eigenvalue weighted by atomic mass is 9.96. The van der Waals surface area contributed by atoms with Crippen molar-refractivity contribution >= 4 is 34.1 Å². The molecular formula is C29H30N4O3S. The number of para-hydroxylation sites is 1. The van der Waals surface area contributed by atoms with E-state index in [1.807, 2.05) is 67.6 Å². The summed E-state index contributed by atoms with van der Waals surface area (Å²) in [5, 5.41) is 20.8. The number of benzene rings is 3. The Kier molecular flexibility index (Phi) is 7.28. The SMILES string of the molecule is CCCCCSc1nc([O-])c2[n+](n1)C(c1c(OCC)ccc3ccccc13)N(C(C)=O)c1ccccc1-2. The third-order valence-corrected chi connectivity index (χ3v) is 7.45. The van der Waals surface area contributed by atoms with Crippen LogP contribution in [0.4, 0.5) is 5.69 Å². The van der Waals surface area contributed by atoms with Gasteiger partial charge in [0.05, 0.1) is 29.3 Å². The molecule has 37 heavy (non-hydrogen) atoms. The number of amides is 1. The Morgan fingerprint density at radius 3 is 2.65 bits per heavy atom. The Morgan fingerprint density at radius 2 is 1.86 bits per heavy atom. The lowest BCUT2D eigenvalue weighted by Crippen LogP contribution is -2.59. The van der Waals surface area contributed by atoms with Crippen molar-refractivity contribution in [3.63, 3.8) is 0 Å². The van der Waals surface area contributed by atoms with Crippen LogP contribution in [-0.4, -0.2) is 28.3 Å². The number of anilines is 1. The average molecular weight is 515 g/mol. The van der Waals surface area contributed by atoms with Crippen molar-refractivity contribution < 1.29 is 19.3 Å². The summed E-state index contributed by atoms with van der Waals surface area (Å²) >= 11 is 1.48. The Bertz CT molecular complexity index is 1460. The molecule has 0 spiro atoms. The molecule has 2 heterocycles. The summed E-state index contributed by atoms with van der Waals surface area (Å²) in [6, 6.07) is 19.4. The van der Waals surface area contributed by atoms with Crippen molar-refractivity contribution in [3.8, 4) is 22.9 Å². The van der Waals surface area contributed by atoms with Gasteiger partial charge in [-0.05, 0) is 42.3 Å². The molecule has 1 aliphatic rings. The zero-order valence-electron chi connectivity index (χ0n) is 21.3. The van der Waals surface area contributed by atoms with Crippen LogP contribution in [0.15, 0.2) is 65.8 Å². The lowest BCUT2D eigenvalue weighted by molar-refractivity contribution is -0.764. The van der Waals surface area contributed by atoms with Crippen LogP contribution in [-0.2, 0) is 4.79 Å². The Labute approximate surface area is 221 Å². The smallest absolute Gasteiger partial charge is 0.297 e. The molecule has 0 N–H and O–H groups in total. The summed E-state index contributed by atoms with van der Waals surface area (Å²) in [5.41, 5.74) is 2.45. The fraction of sp³-hybridized carbons (Fsp3) is 0.310. The molecule has 0 aliphatic carbocycles. The number of hydrogen-bond donors (Lipinski definition) is 0. The summed E-state index contributed by atoms with van der Waals surface area (Å²) in [7, 11) is 0. The fourth-order valence-electron chi connectivity index (χ4n) is 4.94. The number of thioether (sulfide) groups is 1. The van der Waals surface area contributed by atoms with Crippen LogP contribution < -0.4 is 19.4 Å². The molecule has 0 bridgehead atoms. The summed E-state index contributed by atoms with van der Waals surface area (Å²) in [5.74, 6) is 0.961. The van der Waals surface area contributed by atoms with E-state index >= 15 is 0 Å². The molecule has 0 fully saturated rings. The van der Waals surface area contributed by atoms with Gasteiger partial charge in [-0.15, -0.1) is 0 Å². The topological polar surface area (TPSA) is 82.3 Å². The molecule has 1 aliphatic heterocycles. The lowest BCUT2D eigenvalue weighted by Gasteiger charge is -2.33. The highest BCUT2D eigenvalue weighted by molar-refractivity contribution is 7.99. The third kappa shape index (κ3) is 4.62. The van der Waals surface area contributed by atoms with E-state index in [4.69, 9.17) is 9.84 Å². The third-order valence-electron chi connectivity index (χ3n) is 6.52. The minimum Gasteiger partial charge on any atom is -0.854 e. The van der Waals surface area contributed by atoms with Gasteiger partial charge in [0.15, 0.2) is 0 Å². The fourth-order valence-corrected chi connectivity index (χ4v) is 5.76. The number of unbranched alkanes of at least 4 members (excludes halogenated alkanes) is 2. The summed E-state index contributed by atoms with van der Waals surface area (Å²) < 4.78 is 7.79. The second-order valence-corrected chi connectivity index (χ2v) is 10.0. The number of rotatable bonds is 8. The zero-order chi connectivity index (χ0) is 25.9. The van der Waals surface area contributed by atoms with Gasteiger partial charge in [-0.25, -0.2) is 9.88 Å². The number of ether oxygens (including phenoxy) is 1. The first-order chi connectivity index (χ1) is 18.0. The average Bonchev–Trinajstić information content (AvgIpc) is 2.90. The van der Waals surface area contributed by atoms with Crippen LogP contribution in [0.5, 0.6) is 11.6 Å². The van der Waals surface area contributed by atoms with Crippen molar-refractivity contribution in [1.82, 2.24) is 10.1 Å². The van der Waals surface area contributed by atoms with Gasteiger partial charge in [-0.3, -0.25) is 4.79 Å².